The van der Waals surface area contributed by atoms with Crippen molar-refractivity contribution in [2.45, 2.75) is 26.7 Å². The highest BCUT2D eigenvalue weighted by molar-refractivity contribution is 5.49. The Balaban J connectivity index is 2.65. The van der Waals surface area contributed by atoms with E-state index >= 15 is 0 Å². The smallest absolute Gasteiger partial charge is 0.141 e. The maximum atomic E-state index is 13.1. The van der Waals surface area contributed by atoms with Crippen LogP contribution in [0.1, 0.15) is 32.3 Å². The Morgan fingerprint density at radius 3 is 2.62 bits per heavy atom. The molecule has 3 heteroatoms. The molecule has 16 heavy (non-hydrogen) atoms. The van der Waals surface area contributed by atoms with Crippen LogP contribution >= 0.6 is 0 Å². The van der Waals surface area contributed by atoms with Crippen LogP contribution in [0, 0.1) is 23.1 Å². The Labute approximate surface area is 96.1 Å². The lowest BCUT2D eigenvalue weighted by Crippen LogP contribution is -2.12. The molecule has 0 aliphatic rings. The van der Waals surface area contributed by atoms with Crippen LogP contribution in [0.4, 0.5) is 10.1 Å². The highest BCUT2D eigenvalue weighted by Gasteiger charge is 2.05. The van der Waals surface area contributed by atoms with Gasteiger partial charge in [0.25, 0.3) is 0 Å². The van der Waals surface area contributed by atoms with E-state index in [1.807, 2.05) is 6.07 Å². The fourth-order valence-corrected chi connectivity index (χ4v) is 1.56. The molecule has 0 amide bonds. The number of benzene rings is 1. The third kappa shape index (κ3) is 3.23. The lowest BCUT2D eigenvalue weighted by Gasteiger charge is -2.14. The van der Waals surface area contributed by atoms with Crippen molar-refractivity contribution in [3.8, 4) is 6.07 Å². The maximum Gasteiger partial charge on any atom is 0.141 e. The van der Waals surface area contributed by atoms with Crippen molar-refractivity contribution in [1.29, 1.82) is 5.26 Å². The van der Waals surface area contributed by atoms with Gasteiger partial charge in [-0.25, -0.2) is 4.39 Å². The topological polar surface area (TPSA) is 35.8 Å². The van der Waals surface area contributed by atoms with E-state index < -0.39 is 5.82 Å². The number of nitriles is 1. The van der Waals surface area contributed by atoms with Crippen molar-refractivity contribution >= 4 is 5.69 Å². The molecule has 0 saturated heterocycles. The molecule has 86 valence electrons. The van der Waals surface area contributed by atoms with Crippen LogP contribution in [0.15, 0.2) is 18.2 Å². The molecular formula is C13H17FN2. The predicted molar refractivity (Wildman–Crippen MR) is 63.7 cm³/mol. The molecule has 0 aliphatic carbocycles. The summed E-state index contributed by atoms with van der Waals surface area (Å²) < 4.78 is 13.1. The van der Waals surface area contributed by atoms with Gasteiger partial charge in [0.2, 0.25) is 0 Å². The quantitative estimate of drug-likeness (QED) is 0.823. The van der Waals surface area contributed by atoms with Crippen molar-refractivity contribution in [3.05, 3.63) is 29.6 Å². The first kappa shape index (κ1) is 12.5. The summed E-state index contributed by atoms with van der Waals surface area (Å²) in [5, 5.41) is 11.9. The van der Waals surface area contributed by atoms with Gasteiger partial charge in [0, 0.05) is 12.2 Å². The van der Waals surface area contributed by atoms with Gasteiger partial charge in [-0.3, -0.25) is 0 Å². The van der Waals surface area contributed by atoms with Gasteiger partial charge >= 0.3 is 0 Å². The number of hydrogen-bond donors (Lipinski definition) is 1. The molecule has 1 rings (SSSR count). The molecule has 0 heterocycles. The van der Waals surface area contributed by atoms with Gasteiger partial charge in [0.15, 0.2) is 0 Å². The fourth-order valence-electron chi connectivity index (χ4n) is 1.56. The monoisotopic (exact) mass is 220 g/mol. The molecule has 0 atom stereocenters. The summed E-state index contributed by atoms with van der Waals surface area (Å²) in [6.07, 6.45) is 2.24. The number of nitrogens with one attached hydrogen (secondary N) is 1. The molecule has 0 saturated carbocycles. The Bertz CT molecular complexity index is 378. The number of rotatable bonds is 5. The second-order valence-electron chi connectivity index (χ2n) is 3.87. The molecule has 0 fully saturated rings. The van der Waals surface area contributed by atoms with Crippen molar-refractivity contribution in [2.75, 3.05) is 11.9 Å². The summed E-state index contributed by atoms with van der Waals surface area (Å²) in [7, 11) is 0. The summed E-state index contributed by atoms with van der Waals surface area (Å²) >= 11 is 0. The maximum absolute atomic E-state index is 13.1. The molecule has 1 aromatic carbocycles. The standard InChI is InChI=1S/C13H17FN2/c1-3-10(4-2)9-16-12-5-6-13(14)11(7-12)8-15/h5-7,10,16H,3-4,9H2,1-2H3. The third-order valence-electron chi connectivity index (χ3n) is 2.84. The summed E-state index contributed by atoms with van der Waals surface area (Å²) in [6.45, 7) is 5.17. The number of halogens is 1. The van der Waals surface area contributed by atoms with E-state index in [4.69, 9.17) is 5.26 Å². The van der Waals surface area contributed by atoms with E-state index in [0.29, 0.717) is 5.92 Å². The Kier molecular flexibility index (Phi) is 4.78. The van der Waals surface area contributed by atoms with E-state index in [9.17, 15) is 4.39 Å². The average Bonchev–Trinajstić information content (AvgIpc) is 2.32. The molecule has 0 bridgehead atoms. The number of anilines is 1. The highest BCUT2D eigenvalue weighted by atomic mass is 19.1. The predicted octanol–water partition coefficient (Wildman–Crippen LogP) is 3.55. The van der Waals surface area contributed by atoms with Gasteiger partial charge in [-0.2, -0.15) is 5.26 Å². The lowest BCUT2D eigenvalue weighted by atomic mass is 10.0. The molecule has 1 N–H and O–H groups in total. The van der Waals surface area contributed by atoms with Gasteiger partial charge < -0.3 is 5.32 Å². The summed E-state index contributed by atoms with van der Waals surface area (Å²) in [4.78, 5) is 0. The summed E-state index contributed by atoms with van der Waals surface area (Å²) in [5.41, 5.74) is 0.902. The van der Waals surface area contributed by atoms with Crippen molar-refractivity contribution < 1.29 is 4.39 Å². The summed E-state index contributed by atoms with van der Waals surface area (Å²) in [6, 6.07) is 6.38. The minimum Gasteiger partial charge on any atom is -0.385 e. The Morgan fingerprint density at radius 1 is 1.38 bits per heavy atom. The minimum atomic E-state index is -0.462. The number of nitrogens with zero attached hydrogens (tertiary/aromatic N) is 1. The van der Waals surface area contributed by atoms with Crippen molar-refractivity contribution in [1.82, 2.24) is 0 Å². The van der Waals surface area contributed by atoms with Crippen LogP contribution in [0.25, 0.3) is 0 Å². The van der Waals surface area contributed by atoms with E-state index in [1.165, 1.54) is 6.07 Å². The molecule has 0 spiro atoms. The van der Waals surface area contributed by atoms with Crippen LogP contribution in [0.3, 0.4) is 0 Å². The third-order valence-corrected chi connectivity index (χ3v) is 2.84. The molecule has 0 aliphatic heterocycles. The van der Waals surface area contributed by atoms with Crippen LogP contribution in [-0.2, 0) is 0 Å². The van der Waals surface area contributed by atoms with Gasteiger partial charge in [-0.1, -0.05) is 26.7 Å². The zero-order valence-corrected chi connectivity index (χ0v) is 9.76. The Morgan fingerprint density at radius 2 is 2.06 bits per heavy atom. The largest absolute Gasteiger partial charge is 0.385 e. The van der Waals surface area contributed by atoms with Gasteiger partial charge in [-0.15, -0.1) is 0 Å². The SMILES string of the molecule is CCC(CC)CNc1ccc(F)c(C#N)c1. The summed E-state index contributed by atoms with van der Waals surface area (Å²) in [5.74, 6) is 0.158. The lowest BCUT2D eigenvalue weighted by molar-refractivity contribution is 0.519. The van der Waals surface area contributed by atoms with Crippen molar-refractivity contribution in [3.63, 3.8) is 0 Å². The fraction of sp³-hybridized carbons (Fsp3) is 0.462. The van der Waals surface area contributed by atoms with E-state index in [2.05, 4.69) is 19.2 Å². The van der Waals surface area contributed by atoms with E-state index in [0.717, 1.165) is 25.1 Å². The van der Waals surface area contributed by atoms with Crippen molar-refractivity contribution in [2.24, 2.45) is 5.92 Å². The average molecular weight is 220 g/mol. The van der Waals surface area contributed by atoms with Gasteiger partial charge in [0.05, 0.1) is 5.56 Å². The van der Waals surface area contributed by atoms with Crippen LogP contribution < -0.4 is 5.32 Å². The molecule has 0 aromatic heterocycles. The molecule has 1 aromatic rings. The first-order valence-corrected chi connectivity index (χ1v) is 5.64. The normalized spacial score (nSPS) is 10.2. The second-order valence-corrected chi connectivity index (χ2v) is 3.87. The van der Waals surface area contributed by atoms with Crippen LogP contribution in [0.5, 0.6) is 0 Å². The van der Waals surface area contributed by atoms with Crippen LogP contribution in [0.2, 0.25) is 0 Å². The van der Waals surface area contributed by atoms with Gasteiger partial charge in [0.1, 0.15) is 11.9 Å². The highest BCUT2D eigenvalue weighted by Crippen LogP contribution is 2.15. The van der Waals surface area contributed by atoms with Crippen LogP contribution in [-0.4, -0.2) is 6.54 Å². The van der Waals surface area contributed by atoms with Gasteiger partial charge in [-0.05, 0) is 24.1 Å². The zero-order valence-electron chi connectivity index (χ0n) is 9.76. The first-order valence-electron chi connectivity index (χ1n) is 5.64. The minimum absolute atomic E-state index is 0.0922. The molecular weight excluding hydrogens is 203 g/mol. The molecule has 0 radical (unpaired) electrons. The zero-order chi connectivity index (χ0) is 12.0. The first-order chi connectivity index (χ1) is 7.71. The molecule has 2 nitrogen and oxygen atoms in total. The molecule has 0 unspecified atom stereocenters. The number of hydrogen-bond acceptors (Lipinski definition) is 2. The second kappa shape index (κ2) is 6.12. The Hall–Kier alpha value is -1.56. The van der Waals surface area contributed by atoms with E-state index in [1.54, 1.807) is 12.1 Å². The van der Waals surface area contributed by atoms with E-state index in [-0.39, 0.29) is 5.56 Å².